The van der Waals surface area contributed by atoms with E-state index in [0.29, 0.717) is 6.61 Å². The van der Waals surface area contributed by atoms with Crippen molar-refractivity contribution in [2.45, 2.75) is 45.4 Å². The van der Waals surface area contributed by atoms with Gasteiger partial charge in [-0.3, -0.25) is 0 Å². The first kappa shape index (κ1) is 28.5. The van der Waals surface area contributed by atoms with Crippen molar-refractivity contribution < 1.29 is 28.9 Å². The molecule has 0 atom stereocenters. The Bertz CT molecular complexity index is 882. The van der Waals surface area contributed by atoms with Crippen LogP contribution in [0.3, 0.4) is 0 Å². The number of hydrogen-bond acceptors (Lipinski definition) is 5. The predicted octanol–water partition coefficient (Wildman–Crippen LogP) is 6.41. The number of unbranched alkanes of at least 4 members (excludes halogenated alkanes) is 5. The Morgan fingerprint density at radius 1 is 0.735 bits per heavy atom. The fourth-order valence-corrected chi connectivity index (χ4v) is 2.87. The van der Waals surface area contributed by atoms with E-state index < -0.39 is 5.97 Å². The molecule has 0 aliphatic carbocycles. The maximum Gasteiger partial charge on any atom is 0.330 e. The highest BCUT2D eigenvalue weighted by Crippen LogP contribution is 2.13. The molecule has 0 saturated carbocycles. The van der Waals surface area contributed by atoms with Crippen LogP contribution in [0.5, 0.6) is 11.5 Å². The van der Waals surface area contributed by atoms with Crippen LogP contribution in [0.25, 0.3) is 12.2 Å². The standard InChI is InChI=1S/C18H26O3.C10H10O3/c1-3-4-5-6-7-8-15-21-18(19)14-11-16-9-12-17(20-2)13-10-16;1-13-9-5-2-8(3-6-9)4-7-10(11)12/h9-14H,3-8,15H2,1-2H3;2-7H,1H3,(H,11,12). The molecular formula is C28H36O6. The summed E-state index contributed by atoms with van der Waals surface area (Å²) in [5.74, 6) is 0.334. The van der Waals surface area contributed by atoms with Gasteiger partial charge in [-0.05, 0) is 54.0 Å². The third-order valence-electron chi connectivity index (χ3n) is 4.80. The molecule has 0 saturated heterocycles. The number of hydrogen-bond donors (Lipinski definition) is 1. The Labute approximate surface area is 202 Å². The molecule has 0 spiro atoms. The molecule has 0 heterocycles. The van der Waals surface area contributed by atoms with E-state index in [-0.39, 0.29) is 5.97 Å². The third-order valence-corrected chi connectivity index (χ3v) is 4.80. The third kappa shape index (κ3) is 13.8. The molecule has 1 N–H and O–H groups in total. The molecule has 2 aromatic carbocycles. The minimum atomic E-state index is -0.948. The molecule has 0 radical (unpaired) electrons. The molecule has 0 fully saturated rings. The average molecular weight is 469 g/mol. The Morgan fingerprint density at radius 2 is 1.21 bits per heavy atom. The summed E-state index contributed by atoms with van der Waals surface area (Å²) < 4.78 is 15.2. The number of rotatable bonds is 13. The monoisotopic (exact) mass is 468 g/mol. The largest absolute Gasteiger partial charge is 0.497 e. The summed E-state index contributed by atoms with van der Waals surface area (Å²) >= 11 is 0. The highest BCUT2D eigenvalue weighted by Gasteiger charge is 1.98. The van der Waals surface area contributed by atoms with Gasteiger partial charge in [-0.2, -0.15) is 0 Å². The fourth-order valence-electron chi connectivity index (χ4n) is 2.87. The van der Waals surface area contributed by atoms with Gasteiger partial charge in [0.05, 0.1) is 20.8 Å². The Hall–Kier alpha value is -3.54. The molecule has 2 rings (SSSR count). The molecule has 0 unspecified atom stereocenters. The van der Waals surface area contributed by atoms with Crippen molar-refractivity contribution in [3.05, 3.63) is 71.8 Å². The van der Waals surface area contributed by atoms with Crippen LogP contribution in [0, 0.1) is 0 Å². The number of benzene rings is 2. The number of aliphatic carboxylic acids is 1. The van der Waals surface area contributed by atoms with Crippen LogP contribution >= 0.6 is 0 Å². The van der Waals surface area contributed by atoms with Crippen LogP contribution in [0.2, 0.25) is 0 Å². The summed E-state index contributed by atoms with van der Waals surface area (Å²) in [7, 11) is 3.21. The quantitative estimate of drug-likeness (QED) is 0.208. The Morgan fingerprint density at radius 3 is 1.68 bits per heavy atom. The van der Waals surface area contributed by atoms with E-state index in [9.17, 15) is 9.59 Å². The summed E-state index contributed by atoms with van der Waals surface area (Å²) in [6.07, 6.45) is 13.0. The molecular weight excluding hydrogens is 432 g/mol. The van der Waals surface area contributed by atoms with E-state index in [1.54, 1.807) is 44.6 Å². The second-order valence-corrected chi connectivity index (χ2v) is 7.49. The van der Waals surface area contributed by atoms with Gasteiger partial charge in [-0.1, -0.05) is 63.3 Å². The normalized spacial score (nSPS) is 10.6. The first-order chi connectivity index (χ1) is 16.5. The number of carboxylic acid groups (broad SMARTS) is 1. The van der Waals surface area contributed by atoms with Crippen molar-refractivity contribution in [2.24, 2.45) is 0 Å². The van der Waals surface area contributed by atoms with E-state index in [0.717, 1.165) is 41.5 Å². The van der Waals surface area contributed by atoms with Gasteiger partial charge in [-0.15, -0.1) is 0 Å². The summed E-state index contributed by atoms with van der Waals surface area (Å²) in [5, 5.41) is 8.36. The number of carbonyl (C=O) groups is 2. The number of carbonyl (C=O) groups excluding carboxylic acids is 1. The van der Waals surface area contributed by atoms with Gasteiger partial charge >= 0.3 is 11.9 Å². The lowest BCUT2D eigenvalue weighted by atomic mass is 10.1. The van der Waals surface area contributed by atoms with Gasteiger partial charge in [-0.25, -0.2) is 9.59 Å². The van der Waals surface area contributed by atoms with Gasteiger partial charge in [0.2, 0.25) is 0 Å². The Balaban J connectivity index is 0.000000380. The maximum absolute atomic E-state index is 11.5. The molecule has 0 amide bonds. The molecule has 6 nitrogen and oxygen atoms in total. The molecule has 0 aliphatic rings. The molecule has 184 valence electrons. The van der Waals surface area contributed by atoms with Crippen LogP contribution in [-0.4, -0.2) is 37.9 Å². The molecule has 0 bridgehead atoms. The van der Waals surface area contributed by atoms with E-state index in [1.165, 1.54) is 37.8 Å². The van der Waals surface area contributed by atoms with Crippen LogP contribution in [0.1, 0.15) is 56.6 Å². The zero-order chi connectivity index (χ0) is 25.0. The number of ether oxygens (including phenoxy) is 3. The highest BCUT2D eigenvalue weighted by molar-refractivity contribution is 5.87. The second-order valence-electron chi connectivity index (χ2n) is 7.49. The molecule has 2 aromatic rings. The van der Waals surface area contributed by atoms with Crippen molar-refractivity contribution in [2.75, 3.05) is 20.8 Å². The minimum absolute atomic E-state index is 0.278. The first-order valence-corrected chi connectivity index (χ1v) is 11.5. The van der Waals surface area contributed by atoms with Gasteiger partial charge in [0, 0.05) is 12.2 Å². The van der Waals surface area contributed by atoms with Gasteiger partial charge in [0.25, 0.3) is 0 Å². The highest BCUT2D eigenvalue weighted by atomic mass is 16.5. The van der Waals surface area contributed by atoms with Crippen LogP contribution in [-0.2, 0) is 14.3 Å². The fraction of sp³-hybridized carbons (Fsp3) is 0.357. The average Bonchev–Trinajstić information content (AvgIpc) is 2.86. The summed E-state index contributed by atoms with van der Waals surface area (Å²) in [6, 6.07) is 14.7. The van der Waals surface area contributed by atoms with Crippen molar-refractivity contribution in [1.82, 2.24) is 0 Å². The summed E-state index contributed by atoms with van der Waals surface area (Å²) in [4.78, 5) is 21.7. The molecule has 34 heavy (non-hydrogen) atoms. The topological polar surface area (TPSA) is 82.1 Å². The maximum atomic E-state index is 11.5. The lowest BCUT2D eigenvalue weighted by molar-refractivity contribution is -0.137. The van der Waals surface area contributed by atoms with Crippen molar-refractivity contribution in [3.8, 4) is 11.5 Å². The molecule has 0 aliphatic heterocycles. The Kier molecular flexibility index (Phi) is 15.0. The first-order valence-electron chi connectivity index (χ1n) is 11.5. The lowest BCUT2D eigenvalue weighted by Crippen LogP contribution is -2.02. The van der Waals surface area contributed by atoms with Gasteiger partial charge in [0.1, 0.15) is 11.5 Å². The van der Waals surface area contributed by atoms with E-state index in [2.05, 4.69) is 6.92 Å². The van der Waals surface area contributed by atoms with Gasteiger partial charge < -0.3 is 19.3 Å². The number of methoxy groups -OCH3 is 2. The molecule has 6 heteroatoms. The number of carboxylic acids is 1. The van der Waals surface area contributed by atoms with Crippen LogP contribution in [0.15, 0.2) is 60.7 Å². The van der Waals surface area contributed by atoms with Crippen molar-refractivity contribution >= 4 is 24.1 Å². The smallest absolute Gasteiger partial charge is 0.330 e. The zero-order valence-corrected chi connectivity index (χ0v) is 20.4. The van der Waals surface area contributed by atoms with Gasteiger partial charge in [0.15, 0.2) is 0 Å². The lowest BCUT2D eigenvalue weighted by Gasteiger charge is -2.02. The van der Waals surface area contributed by atoms with E-state index in [4.69, 9.17) is 19.3 Å². The second kappa shape index (κ2) is 18.0. The SMILES string of the molecule is CCCCCCCCOC(=O)C=Cc1ccc(OC)cc1.COc1ccc(C=CC(=O)O)cc1. The van der Waals surface area contributed by atoms with Crippen LogP contribution < -0.4 is 9.47 Å². The summed E-state index contributed by atoms with van der Waals surface area (Å²) in [6.45, 7) is 2.72. The van der Waals surface area contributed by atoms with E-state index >= 15 is 0 Å². The molecule has 0 aromatic heterocycles. The summed E-state index contributed by atoms with van der Waals surface area (Å²) in [5.41, 5.74) is 1.79. The van der Waals surface area contributed by atoms with Crippen molar-refractivity contribution in [3.63, 3.8) is 0 Å². The predicted molar refractivity (Wildman–Crippen MR) is 136 cm³/mol. The minimum Gasteiger partial charge on any atom is -0.497 e. The van der Waals surface area contributed by atoms with E-state index in [1.807, 2.05) is 24.3 Å². The van der Waals surface area contributed by atoms with Crippen molar-refractivity contribution in [1.29, 1.82) is 0 Å². The van der Waals surface area contributed by atoms with Crippen LogP contribution in [0.4, 0.5) is 0 Å². The number of esters is 1. The zero-order valence-electron chi connectivity index (χ0n) is 20.4.